The number of allylic oxidation sites excluding steroid dienone is 8. The first-order chi connectivity index (χ1) is 21.2. The number of methoxy groups -OCH3 is 6. The highest BCUT2D eigenvalue weighted by atomic mass is 16.5. The summed E-state index contributed by atoms with van der Waals surface area (Å²) < 4.78 is 33.6. The molecule has 0 radical (unpaired) electrons. The van der Waals surface area contributed by atoms with E-state index in [9.17, 15) is 19.2 Å². The summed E-state index contributed by atoms with van der Waals surface area (Å²) in [6.07, 6.45) is 2.95. The summed E-state index contributed by atoms with van der Waals surface area (Å²) >= 11 is 0. The van der Waals surface area contributed by atoms with Crippen LogP contribution in [0.3, 0.4) is 0 Å². The number of hydrogen-bond acceptors (Lipinski definition) is 10. The third kappa shape index (κ3) is 3.86. The van der Waals surface area contributed by atoms with Gasteiger partial charge in [0.05, 0.1) is 42.7 Å². The standard InChI is InChI=1S/C34H32O10/c1-39-23-17-21(19-13-9-7-10-14-19)34(31(37)27(43-5)28(44-6)32(34)38)24(40-2)18-22(20-15-11-8-12-16-20)33(23)29(35)25(41-3)26(42-4)30(33)36/h7-18,21-22H,1-6H3/b23-17-,24-18-/t21-,22-/m1/s1. The average Bonchev–Trinajstić information content (AvgIpc) is 3.40. The Balaban J connectivity index is 1.97. The first-order valence-electron chi connectivity index (χ1n) is 13.7. The molecule has 2 aromatic rings. The lowest BCUT2D eigenvalue weighted by atomic mass is 9.59. The van der Waals surface area contributed by atoms with Gasteiger partial charge < -0.3 is 28.4 Å². The molecule has 0 saturated carbocycles. The first-order valence-corrected chi connectivity index (χ1v) is 13.7. The number of hydrogen-bond donors (Lipinski definition) is 0. The zero-order valence-electron chi connectivity index (χ0n) is 25.2. The Bertz CT molecular complexity index is 1470. The Kier molecular flexibility index (Phi) is 7.94. The Morgan fingerprint density at radius 2 is 0.705 bits per heavy atom. The maximum absolute atomic E-state index is 14.5. The molecule has 2 spiro atoms. The largest absolute Gasteiger partial charge is 0.500 e. The van der Waals surface area contributed by atoms with E-state index in [-0.39, 0.29) is 34.6 Å². The van der Waals surface area contributed by atoms with Crippen LogP contribution in [0.15, 0.2) is 107 Å². The van der Waals surface area contributed by atoms with Crippen molar-refractivity contribution in [2.24, 2.45) is 10.8 Å². The van der Waals surface area contributed by atoms with Gasteiger partial charge in [-0.05, 0) is 23.3 Å². The van der Waals surface area contributed by atoms with Crippen LogP contribution >= 0.6 is 0 Å². The second-order valence-electron chi connectivity index (χ2n) is 10.3. The highest BCUT2D eigenvalue weighted by molar-refractivity contribution is 6.30. The van der Waals surface area contributed by atoms with Crippen molar-refractivity contribution in [3.8, 4) is 0 Å². The molecule has 0 N–H and O–H groups in total. The van der Waals surface area contributed by atoms with Crippen LogP contribution in [-0.4, -0.2) is 65.8 Å². The highest BCUT2D eigenvalue weighted by Crippen LogP contribution is 2.60. The average molecular weight is 601 g/mol. The summed E-state index contributed by atoms with van der Waals surface area (Å²) in [5, 5.41) is 0. The van der Waals surface area contributed by atoms with Crippen LogP contribution in [0.4, 0.5) is 0 Å². The molecule has 10 nitrogen and oxygen atoms in total. The van der Waals surface area contributed by atoms with Crippen LogP contribution in [0, 0.1) is 10.8 Å². The minimum absolute atomic E-state index is 0.104. The Hall–Kier alpha value is -5.12. The van der Waals surface area contributed by atoms with Gasteiger partial charge in [0.2, 0.25) is 46.2 Å². The molecular formula is C34H32O10. The van der Waals surface area contributed by atoms with Crippen molar-refractivity contribution in [2.45, 2.75) is 11.8 Å². The molecule has 3 aliphatic rings. The fourth-order valence-electron chi connectivity index (χ4n) is 6.68. The van der Waals surface area contributed by atoms with Crippen molar-refractivity contribution < 1.29 is 47.6 Å². The number of ether oxygens (including phenoxy) is 6. The lowest BCUT2D eigenvalue weighted by molar-refractivity contribution is -0.137. The number of benzene rings is 2. The van der Waals surface area contributed by atoms with Crippen LogP contribution in [-0.2, 0) is 47.6 Å². The lowest BCUT2D eigenvalue weighted by Crippen LogP contribution is -2.49. The van der Waals surface area contributed by atoms with E-state index in [2.05, 4.69) is 0 Å². The van der Waals surface area contributed by atoms with Gasteiger partial charge >= 0.3 is 0 Å². The minimum atomic E-state index is -2.09. The zero-order chi connectivity index (χ0) is 31.8. The predicted octanol–water partition coefficient (Wildman–Crippen LogP) is 3.91. The summed E-state index contributed by atoms with van der Waals surface area (Å²) in [4.78, 5) is 58.1. The molecule has 0 bridgehead atoms. The van der Waals surface area contributed by atoms with Gasteiger partial charge in [-0.2, -0.15) is 0 Å². The van der Waals surface area contributed by atoms with Gasteiger partial charge in [0.15, 0.2) is 10.8 Å². The zero-order valence-corrected chi connectivity index (χ0v) is 25.2. The molecular weight excluding hydrogens is 568 g/mol. The van der Waals surface area contributed by atoms with E-state index in [4.69, 9.17) is 28.4 Å². The van der Waals surface area contributed by atoms with E-state index in [0.717, 1.165) is 0 Å². The molecule has 0 heterocycles. The third-order valence-corrected chi connectivity index (χ3v) is 8.59. The Morgan fingerprint density at radius 1 is 0.432 bits per heavy atom. The van der Waals surface area contributed by atoms with Crippen LogP contribution in [0.2, 0.25) is 0 Å². The molecule has 0 aromatic heterocycles. The normalized spacial score (nSPS) is 24.9. The topological polar surface area (TPSA) is 124 Å². The third-order valence-electron chi connectivity index (χ3n) is 8.59. The van der Waals surface area contributed by atoms with Crippen molar-refractivity contribution in [2.75, 3.05) is 42.7 Å². The van der Waals surface area contributed by atoms with E-state index >= 15 is 0 Å². The molecule has 2 atom stereocenters. The number of rotatable bonds is 8. The minimum Gasteiger partial charge on any atom is -0.500 e. The summed E-state index contributed by atoms with van der Waals surface area (Å²) in [7, 11) is 7.73. The quantitative estimate of drug-likeness (QED) is 0.412. The summed E-state index contributed by atoms with van der Waals surface area (Å²) in [5.74, 6) is -6.49. The molecule has 228 valence electrons. The van der Waals surface area contributed by atoms with E-state index in [1.807, 2.05) is 0 Å². The number of carbonyl (C=O) groups is 4. The van der Waals surface area contributed by atoms with Crippen molar-refractivity contribution in [1.82, 2.24) is 0 Å². The number of carbonyl (C=O) groups excluding carboxylic acids is 4. The molecule has 10 heteroatoms. The lowest BCUT2D eigenvalue weighted by Gasteiger charge is -2.41. The highest BCUT2D eigenvalue weighted by Gasteiger charge is 2.69. The molecule has 0 unspecified atom stereocenters. The fourth-order valence-corrected chi connectivity index (χ4v) is 6.68. The maximum Gasteiger partial charge on any atom is 0.223 e. The molecule has 2 aromatic carbocycles. The molecule has 44 heavy (non-hydrogen) atoms. The number of ketones is 4. The van der Waals surface area contributed by atoms with Gasteiger partial charge in [-0.1, -0.05) is 60.7 Å². The maximum atomic E-state index is 14.5. The summed E-state index contributed by atoms with van der Waals surface area (Å²) in [6.45, 7) is 0. The van der Waals surface area contributed by atoms with Crippen LogP contribution < -0.4 is 0 Å². The van der Waals surface area contributed by atoms with Gasteiger partial charge in [0.1, 0.15) is 11.5 Å². The Morgan fingerprint density at radius 3 is 0.932 bits per heavy atom. The second-order valence-corrected chi connectivity index (χ2v) is 10.3. The summed E-state index contributed by atoms with van der Waals surface area (Å²) in [5.41, 5.74) is -3.18. The van der Waals surface area contributed by atoms with Gasteiger partial charge in [-0.3, -0.25) is 19.2 Å². The molecule has 3 aliphatic carbocycles. The van der Waals surface area contributed by atoms with Crippen molar-refractivity contribution in [3.63, 3.8) is 0 Å². The van der Waals surface area contributed by atoms with Crippen LogP contribution in [0.1, 0.15) is 23.0 Å². The monoisotopic (exact) mass is 600 g/mol. The van der Waals surface area contributed by atoms with E-state index < -0.39 is 45.8 Å². The van der Waals surface area contributed by atoms with Gasteiger partial charge in [-0.25, -0.2) is 0 Å². The van der Waals surface area contributed by atoms with Gasteiger partial charge in [-0.15, -0.1) is 0 Å². The SMILES string of the molecule is COC1=C(OC)C(=O)C2(C1=O)/C(OC)=C/[C@H](c1ccccc1)C1(C(=O)C(OC)=C(OC)C1=O)/C(OC)=C/[C@@H]2c1ccccc1. The van der Waals surface area contributed by atoms with Crippen LogP contribution in [0.5, 0.6) is 0 Å². The molecule has 0 aliphatic heterocycles. The van der Waals surface area contributed by atoms with Gasteiger partial charge in [0, 0.05) is 11.8 Å². The van der Waals surface area contributed by atoms with Gasteiger partial charge in [0.25, 0.3) is 0 Å². The molecule has 0 amide bonds. The smallest absolute Gasteiger partial charge is 0.223 e. The second kappa shape index (κ2) is 11.5. The van der Waals surface area contributed by atoms with Crippen molar-refractivity contribution in [3.05, 3.63) is 118 Å². The van der Waals surface area contributed by atoms with E-state index in [1.165, 1.54) is 54.8 Å². The molecule has 0 saturated heterocycles. The van der Waals surface area contributed by atoms with Crippen molar-refractivity contribution >= 4 is 23.1 Å². The molecule has 5 rings (SSSR count). The first kappa shape index (κ1) is 30.3. The number of Topliss-reactive ketones (excluding diaryl/α,β-unsaturated/α-hetero) is 4. The fraction of sp³-hybridized carbons (Fsp3) is 0.294. The summed E-state index contributed by atoms with van der Waals surface area (Å²) in [6, 6.07) is 17.4. The van der Waals surface area contributed by atoms with E-state index in [0.29, 0.717) is 11.1 Å². The molecule has 0 fully saturated rings. The Labute approximate surface area is 254 Å². The van der Waals surface area contributed by atoms with E-state index in [1.54, 1.807) is 60.7 Å². The van der Waals surface area contributed by atoms with Crippen LogP contribution in [0.25, 0.3) is 0 Å². The van der Waals surface area contributed by atoms with Crippen molar-refractivity contribution in [1.29, 1.82) is 0 Å². The predicted molar refractivity (Wildman–Crippen MR) is 156 cm³/mol.